The van der Waals surface area contributed by atoms with Crippen LogP contribution in [0.2, 0.25) is 0 Å². The highest BCUT2D eigenvalue weighted by atomic mass is 16.3. The molecule has 0 fully saturated rings. The quantitative estimate of drug-likeness (QED) is 0.199. The molecule has 0 aromatic carbocycles. The molecule has 1 amide bonds. The Morgan fingerprint density at radius 1 is 0.778 bits per heavy atom. The third kappa shape index (κ3) is 33.1. The molecule has 5 nitrogen and oxygen atoms in total. The largest absolute Gasteiger partial charge is 0.395 e. The molecule has 5 heteroatoms. The van der Waals surface area contributed by atoms with Crippen LogP contribution in [0.25, 0.3) is 0 Å². The van der Waals surface area contributed by atoms with E-state index in [1.807, 2.05) is 0 Å². The van der Waals surface area contributed by atoms with E-state index in [1.165, 1.54) is 70.6 Å². The smallest absolute Gasteiger partial charge is 0.217 e. The zero-order valence-electron chi connectivity index (χ0n) is 17.8. The number of carbonyl (C=O) groups excluding carboxylic acids is 1. The summed E-state index contributed by atoms with van der Waals surface area (Å²) in [5.74, 6) is -0.164. The Kier molecular flexibility index (Phi) is 28.6. The van der Waals surface area contributed by atoms with Crippen LogP contribution < -0.4 is 11.1 Å². The minimum absolute atomic E-state index is 0.139. The summed E-state index contributed by atoms with van der Waals surface area (Å²) in [5.41, 5.74) is 5.10. The SMILES string of the molecule is CCCCCCCCC=CCCCCCCCC(N)=O.OCCNCCO. The number of amides is 1. The van der Waals surface area contributed by atoms with Crippen molar-refractivity contribution in [2.75, 3.05) is 26.3 Å². The highest BCUT2D eigenvalue weighted by Gasteiger charge is 1.94. The molecule has 0 bridgehead atoms. The molecule has 0 spiro atoms. The number of aliphatic hydroxyl groups excluding tert-OH is 2. The molecule has 0 heterocycles. The molecule has 0 saturated heterocycles. The number of hydrogen-bond donors (Lipinski definition) is 4. The van der Waals surface area contributed by atoms with Crippen LogP contribution in [0, 0.1) is 0 Å². The van der Waals surface area contributed by atoms with Crippen molar-refractivity contribution < 1.29 is 15.0 Å². The van der Waals surface area contributed by atoms with E-state index in [2.05, 4.69) is 24.4 Å². The first-order chi connectivity index (χ1) is 13.2. The van der Waals surface area contributed by atoms with Crippen LogP contribution in [0.15, 0.2) is 12.2 Å². The number of nitrogens with one attached hydrogen (secondary N) is 1. The van der Waals surface area contributed by atoms with Crippen molar-refractivity contribution >= 4 is 5.91 Å². The molecular weight excluding hydrogens is 340 g/mol. The van der Waals surface area contributed by atoms with Crippen LogP contribution in [0.3, 0.4) is 0 Å². The molecule has 0 aromatic rings. The minimum atomic E-state index is -0.164. The van der Waals surface area contributed by atoms with E-state index in [4.69, 9.17) is 15.9 Å². The first kappa shape index (κ1) is 28.3. The predicted octanol–water partition coefficient (Wildman–Crippen LogP) is 4.07. The summed E-state index contributed by atoms with van der Waals surface area (Å²) in [6.07, 6.45) is 21.9. The fourth-order valence-corrected chi connectivity index (χ4v) is 2.65. The first-order valence-electron chi connectivity index (χ1n) is 11.0. The van der Waals surface area contributed by atoms with Gasteiger partial charge in [-0.25, -0.2) is 0 Å². The Labute approximate surface area is 167 Å². The fraction of sp³-hybridized carbons (Fsp3) is 0.864. The molecule has 0 saturated carbocycles. The molecule has 27 heavy (non-hydrogen) atoms. The molecule has 0 aliphatic carbocycles. The van der Waals surface area contributed by atoms with Gasteiger partial charge in [-0.15, -0.1) is 0 Å². The second-order valence-corrected chi connectivity index (χ2v) is 7.00. The highest BCUT2D eigenvalue weighted by Crippen LogP contribution is 2.09. The summed E-state index contributed by atoms with van der Waals surface area (Å²) in [6, 6.07) is 0. The third-order valence-corrected chi connectivity index (χ3v) is 4.26. The molecule has 0 aromatic heterocycles. The van der Waals surface area contributed by atoms with Crippen molar-refractivity contribution in [1.82, 2.24) is 5.32 Å². The summed E-state index contributed by atoms with van der Waals surface area (Å²) < 4.78 is 0. The maximum atomic E-state index is 10.5. The molecule has 0 aliphatic heterocycles. The van der Waals surface area contributed by atoms with Gasteiger partial charge < -0.3 is 21.3 Å². The van der Waals surface area contributed by atoms with E-state index >= 15 is 0 Å². The lowest BCUT2D eigenvalue weighted by Gasteiger charge is -1.99. The Morgan fingerprint density at radius 2 is 1.22 bits per heavy atom. The number of carbonyl (C=O) groups is 1. The normalized spacial score (nSPS) is 10.8. The molecule has 0 rings (SSSR count). The zero-order chi connectivity index (χ0) is 20.4. The monoisotopic (exact) mass is 386 g/mol. The van der Waals surface area contributed by atoms with E-state index in [9.17, 15) is 4.79 Å². The summed E-state index contributed by atoms with van der Waals surface area (Å²) in [7, 11) is 0. The lowest BCUT2D eigenvalue weighted by Crippen LogP contribution is -2.21. The number of primary amides is 1. The van der Waals surface area contributed by atoms with Gasteiger partial charge in [0, 0.05) is 19.5 Å². The molecule has 0 aliphatic rings. The fourth-order valence-electron chi connectivity index (χ4n) is 2.65. The van der Waals surface area contributed by atoms with E-state index in [0.29, 0.717) is 19.5 Å². The van der Waals surface area contributed by atoms with Gasteiger partial charge in [-0.05, 0) is 32.1 Å². The number of unbranched alkanes of at least 4 members (excludes halogenated alkanes) is 11. The van der Waals surface area contributed by atoms with E-state index in [1.54, 1.807) is 0 Å². The van der Waals surface area contributed by atoms with Crippen LogP contribution in [0.1, 0.15) is 96.8 Å². The number of rotatable bonds is 19. The van der Waals surface area contributed by atoms with Crippen molar-refractivity contribution in [1.29, 1.82) is 0 Å². The lowest BCUT2D eigenvalue weighted by atomic mass is 10.1. The summed E-state index contributed by atoms with van der Waals surface area (Å²) in [5, 5.41) is 19.1. The molecule has 0 atom stereocenters. The van der Waals surface area contributed by atoms with Crippen LogP contribution in [0.5, 0.6) is 0 Å². The first-order valence-corrected chi connectivity index (χ1v) is 11.0. The van der Waals surface area contributed by atoms with Crippen LogP contribution in [0.4, 0.5) is 0 Å². The van der Waals surface area contributed by atoms with Gasteiger partial charge >= 0.3 is 0 Å². The lowest BCUT2D eigenvalue weighted by molar-refractivity contribution is -0.118. The predicted molar refractivity (Wildman–Crippen MR) is 116 cm³/mol. The number of aliphatic hydroxyl groups is 2. The van der Waals surface area contributed by atoms with E-state index in [0.717, 1.165) is 12.8 Å². The Hall–Kier alpha value is -0.910. The van der Waals surface area contributed by atoms with Gasteiger partial charge in [0.2, 0.25) is 5.91 Å². The molecule has 0 unspecified atom stereocenters. The van der Waals surface area contributed by atoms with Crippen molar-refractivity contribution in [3.05, 3.63) is 12.2 Å². The second kappa shape index (κ2) is 27.3. The standard InChI is InChI=1S/C18H35NO.C4H11NO2/c1-2-3-4-5-6-7-8-9-10-11-12-13-14-15-16-17-18(19)20;6-3-1-5-2-4-7/h9-10H,2-8,11-17H2,1H3,(H2,19,20);5-7H,1-4H2. The Bertz CT molecular complexity index is 306. The van der Waals surface area contributed by atoms with Gasteiger partial charge in [0.1, 0.15) is 0 Å². The maximum Gasteiger partial charge on any atom is 0.217 e. The van der Waals surface area contributed by atoms with Gasteiger partial charge in [-0.1, -0.05) is 70.4 Å². The van der Waals surface area contributed by atoms with Gasteiger partial charge in [0.25, 0.3) is 0 Å². The topological polar surface area (TPSA) is 95.6 Å². The van der Waals surface area contributed by atoms with Gasteiger partial charge in [0.15, 0.2) is 0 Å². The van der Waals surface area contributed by atoms with E-state index in [-0.39, 0.29) is 19.1 Å². The van der Waals surface area contributed by atoms with Crippen molar-refractivity contribution in [3.63, 3.8) is 0 Å². The van der Waals surface area contributed by atoms with Crippen molar-refractivity contribution in [2.24, 2.45) is 5.73 Å². The number of nitrogens with two attached hydrogens (primary N) is 1. The van der Waals surface area contributed by atoms with Crippen molar-refractivity contribution in [3.8, 4) is 0 Å². The maximum absolute atomic E-state index is 10.5. The second-order valence-electron chi connectivity index (χ2n) is 7.00. The number of hydrogen-bond acceptors (Lipinski definition) is 4. The zero-order valence-corrected chi connectivity index (χ0v) is 17.8. The summed E-state index contributed by atoms with van der Waals surface area (Å²) >= 11 is 0. The average molecular weight is 387 g/mol. The van der Waals surface area contributed by atoms with E-state index < -0.39 is 0 Å². The third-order valence-electron chi connectivity index (χ3n) is 4.26. The van der Waals surface area contributed by atoms with Crippen molar-refractivity contribution in [2.45, 2.75) is 96.8 Å². The highest BCUT2D eigenvalue weighted by molar-refractivity contribution is 5.73. The van der Waals surface area contributed by atoms with Crippen LogP contribution in [-0.4, -0.2) is 42.4 Å². The molecular formula is C22H46N2O3. The Morgan fingerprint density at radius 3 is 1.67 bits per heavy atom. The average Bonchev–Trinajstić information content (AvgIpc) is 2.65. The van der Waals surface area contributed by atoms with Crippen LogP contribution in [-0.2, 0) is 4.79 Å². The summed E-state index contributed by atoms with van der Waals surface area (Å²) in [6.45, 7) is 3.68. The molecule has 0 radical (unpaired) electrons. The van der Waals surface area contributed by atoms with Crippen LogP contribution >= 0.6 is 0 Å². The minimum Gasteiger partial charge on any atom is -0.395 e. The molecule has 162 valence electrons. The van der Waals surface area contributed by atoms with Gasteiger partial charge in [-0.3, -0.25) is 4.79 Å². The van der Waals surface area contributed by atoms with Gasteiger partial charge in [0.05, 0.1) is 13.2 Å². The number of allylic oxidation sites excluding steroid dienone is 2. The Balaban J connectivity index is 0. The van der Waals surface area contributed by atoms with Gasteiger partial charge in [-0.2, -0.15) is 0 Å². The summed E-state index contributed by atoms with van der Waals surface area (Å²) in [4.78, 5) is 10.5. The molecule has 5 N–H and O–H groups in total.